The van der Waals surface area contributed by atoms with E-state index in [2.05, 4.69) is 0 Å². The van der Waals surface area contributed by atoms with E-state index in [-0.39, 0.29) is 17.9 Å². The Morgan fingerprint density at radius 2 is 2.05 bits per heavy atom. The number of carbonyl (C=O) groups excluding carboxylic acids is 1. The molecule has 0 bridgehead atoms. The molecule has 7 nitrogen and oxygen atoms in total. The van der Waals surface area contributed by atoms with Crippen molar-refractivity contribution in [2.75, 3.05) is 6.26 Å². The van der Waals surface area contributed by atoms with Crippen molar-refractivity contribution < 1.29 is 22.9 Å². The van der Waals surface area contributed by atoms with Crippen LogP contribution < -0.4 is 0 Å². The van der Waals surface area contributed by atoms with Gasteiger partial charge in [0, 0.05) is 18.7 Å². The predicted octanol–water partition coefficient (Wildman–Crippen LogP) is 1.45. The van der Waals surface area contributed by atoms with Crippen LogP contribution in [0.5, 0.6) is 0 Å². The van der Waals surface area contributed by atoms with Crippen LogP contribution >= 0.6 is 0 Å². The van der Waals surface area contributed by atoms with Gasteiger partial charge in [-0.1, -0.05) is 13.0 Å². The number of hydrogen-bond acceptors (Lipinski definition) is 6. The summed E-state index contributed by atoms with van der Waals surface area (Å²) < 4.78 is 27.6. The molecule has 0 aliphatic carbocycles. The maximum Gasteiger partial charge on any atom is 0.305 e. The Bertz CT molecular complexity index is 608. The first kappa shape index (κ1) is 15.1. The zero-order valence-corrected chi connectivity index (χ0v) is 11.3. The normalized spacial score (nSPS) is 11.1. The van der Waals surface area contributed by atoms with Gasteiger partial charge in [-0.15, -0.1) is 0 Å². The van der Waals surface area contributed by atoms with E-state index in [4.69, 9.17) is 4.74 Å². The summed E-state index contributed by atoms with van der Waals surface area (Å²) in [6.45, 7) is 1.50. The number of carbonyl (C=O) groups is 1. The molecule has 0 unspecified atom stereocenters. The summed E-state index contributed by atoms with van der Waals surface area (Å²) >= 11 is 0. The van der Waals surface area contributed by atoms with Crippen LogP contribution in [0.1, 0.15) is 18.9 Å². The van der Waals surface area contributed by atoms with Gasteiger partial charge < -0.3 is 4.74 Å². The molecule has 104 valence electrons. The summed E-state index contributed by atoms with van der Waals surface area (Å²) in [4.78, 5) is 20.7. The number of hydrogen-bond donors (Lipinski definition) is 0. The summed E-state index contributed by atoms with van der Waals surface area (Å²) in [6, 6.07) is 3.62. The molecule has 1 aromatic rings. The van der Waals surface area contributed by atoms with E-state index in [0.717, 1.165) is 18.4 Å². The van der Waals surface area contributed by atoms with Gasteiger partial charge in [0.05, 0.1) is 4.92 Å². The number of ether oxygens (including phenoxy) is 1. The molecule has 0 radical (unpaired) electrons. The minimum Gasteiger partial charge on any atom is -0.461 e. The average molecular weight is 287 g/mol. The fraction of sp³-hybridized carbons (Fsp3) is 0.364. The molecule has 0 amide bonds. The lowest BCUT2D eigenvalue weighted by Crippen LogP contribution is -2.06. The largest absolute Gasteiger partial charge is 0.461 e. The topological polar surface area (TPSA) is 104 Å². The number of rotatable bonds is 5. The molecule has 1 aromatic carbocycles. The lowest BCUT2D eigenvalue weighted by atomic mass is 10.2. The fourth-order valence-electron chi connectivity index (χ4n) is 1.37. The number of esters is 1. The van der Waals surface area contributed by atoms with E-state index < -0.39 is 26.4 Å². The number of nitro groups is 1. The zero-order valence-electron chi connectivity index (χ0n) is 10.5. The molecule has 19 heavy (non-hydrogen) atoms. The Kier molecular flexibility index (Phi) is 4.60. The third-order valence-electron chi connectivity index (χ3n) is 2.31. The van der Waals surface area contributed by atoms with Gasteiger partial charge >= 0.3 is 5.97 Å². The summed E-state index contributed by atoms with van der Waals surface area (Å²) in [5.74, 6) is -0.435. The minimum absolute atomic E-state index is 0.127. The third kappa shape index (κ3) is 4.02. The lowest BCUT2D eigenvalue weighted by molar-refractivity contribution is -0.387. The zero-order chi connectivity index (χ0) is 14.6. The second kappa shape index (κ2) is 5.79. The van der Waals surface area contributed by atoms with E-state index >= 15 is 0 Å². The predicted molar refractivity (Wildman–Crippen MR) is 66.3 cm³/mol. The molecule has 0 fully saturated rings. The van der Waals surface area contributed by atoms with Crippen molar-refractivity contribution in [3.63, 3.8) is 0 Å². The number of nitro benzene ring substituents is 1. The Balaban J connectivity index is 3.10. The highest BCUT2D eigenvalue weighted by Gasteiger charge is 2.22. The number of benzene rings is 1. The van der Waals surface area contributed by atoms with E-state index in [1.165, 1.54) is 6.07 Å². The van der Waals surface area contributed by atoms with Crippen molar-refractivity contribution in [3.8, 4) is 0 Å². The van der Waals surface area contributed by atoms with Crippen molar-refractivity contribution in [2.24, 2.45) is 0 Å². The van der Waals surface area contributed by atoms with E-state index in [1.54, 1.807) is 6.92 Å². The summed E-state index contributed by atoms with van der Waals surface area (Å²) in [5.41, 5.74) is -0.159. The van der Waals surface area contributed by atoms with Crippen molar-refractivity contribution in [3.05, 3.63) is 33.9 Å². The molecule has 0 aliphatic rings. The molecule has 0 spiro atoms. The maximum atomic E-state index is 11.4. The highest BCUT2D eigenvalue weighted by atomic mass is 32.2. The molecule has 8 heteroatoms. The van der Waals surface area contributed by atoms with Gasteiger partial charge in [0.1, 0.15) is 11.5 Å². The first-order valence-electron chi connectivity index (χ1n) is 5.38. The van der Waals surface area contributed by atoms with Crippen LogP contribution in [0.15, 0.2) is 23.1 Å². The van der Waals surface area contributed by atoms with Gasteiger partial charge in [-0.2, -0.15) is 0 Å². The molecule has 0 saturated carbocycles. The number of sulfone groups is 1. The van der Waals surface area contributed by atoms with Crippen LogP contribution in [0, 0.1) is 10.1 Å². The Labute approximate surface area is 110 Å². The van der Waals surface area contributed by atoms with Crippen LogP contribution in [0.3, 0.4) is 0 Å². The summed E-state index contributed by atoms with van der Waals surface area (Å²) in [5, 5.41) is 10.8. The van der Waals surface area contributed by atoms with E-state index in [0.29, 0.717) is 5.56 Å². The second-order valence-corrected chi connectivity index (χ2v) is 5.83. The Morgan fingerprint density at radius 3 is 2.53 bits per heavy atom. The monoisotopic (exact) mass is 287 g/mol. The van der Waals surface area contributed by atoms with Crippen molar-refractivity contribution in [1.29, 1.82) is 0 Å². The van der Waals surface area contributed by atoms with Gasteiger partial charge in [-0.25, -0.2) is 8.42 Å². The third-order valence-corrected chi connectivity index (χ3v) is 3.45. The molecule has 1 rings (SSSR count). The molecule has 0 N–H and O–H groups in total. The Hall–Kier alpha value is -1.96. The van der Waals surface area contributed by atoms with Crippen LogP contribution in [-0.2, 0) is 26.0 Å². The molecule has 0 atom stereocenters. The van der Waals surface area contributed by atoms with Gasteiger partial charge in [-0.05, 0) is 11.6 Å². The highest BCUT2D eigenvalue weighted by Crippen LogP contribution is 2.25. The van der Waals surface area contributed by atoms with E-state index in [1.807, 2.05) is 0 Å². The van der Waals surface area contributed by atoms with Crippen LogP contribution in [0.25, 0.3) is 0 Å². The molecule has 0 heterocycles. The number of nitrogens with zero attached hydrogens (tertiary/aromatic N) is 1. The fourth-order valence-corrected chi connectivity index (χ4v) is 2.20. The van der Waals surface area contributed by atoms with Gasteiger partial charge in [0.2, 0.25) is 0 Å². The smallest absolute Gasteiger partial charge is 0.305 e. The van der Waals surface area contributed by atoms with Crippen LogP contribution in [-0.4, -0.2) is 25.6 Å². The first-order valence-corrected chi connectivity index (χ1v) is 7.28. The molecular weight excluding hydrogens is 274 g/mol. The first-order chi connectivity index (χ1) is 8.75. The molecule has 0 saturated heterocycles. The summed E-state index contributed by atoms with van der Waals surface area (Å²) in [7, 11) is -3.68. The lowest BCUT2D eigenvalue weighted by Gasteiger charge is -2.05. The van der Waals surface area contributed by atoms with E-state index in [9.17, 15) is 23.3 Å². The molecule has 0 aromatic heterocycles. The van der Waals surface area contributed by atoms with Crippen molar-refractivity contribution in [2.45, 2.75) is 24.8 Å². The van der Waals surface area contributed by atoms with Gasteiger partial charge in [-0.3, -0.25) is 14.9 Å². The average Bonchev–Trinajstić information content (AvgIpc) is 2.34. The quantitative estimate of drug-likeness (QED) is 0.461. The Morgan fingerprint density at radius 1 is 1.42 bits per heavy atom. The van der Waals surface area contributed by atoms with Gasteiger partial charge in [0.25, 0.3) is 5.69 Å². The highest BCUT2D eigenvalue weighted by molar-refractivity contribution is 7.90. The second-order valence-electron chi connectivity index (χ2n) is 3.85. The van der Waals surface area contributed by atoms with Crippen LogP contribution in [0.4, 0.5) is 5.69 Å². The van der Waals surface area contributed by atoms with Crippen LogP contribution in [0.2, 0.25) is 0 Å². The summed E-state index contributed by atoms with van der Waals surface area (Å²) in [6.07, 6.45) is 1.09. The minimum atomic E-state index is -3.68. The SMILES string of the molecule is CCC(=O)OCc1ccc(S(C)(=O)=O)c([N+](=O)[O-])c1. The molecule has 0 aliphatic heterocycles. The molecular formula is C11H13NO6S. The van der Waals surface area contributed by atoms with Crippen molar-refractivity contribution >= 4 is 21.5 Å². The van der Waals surface area contributed by atoms with Crippen molar-refractivity contribution in [1.82, 2.24) is 0 Å². The van der Waals surface area contributed by atoms with Gasteiger partial charge in [0.15, 0.2) is 9.84 Å². The standard InChI is InChI=1S/C11H13NO6S/c1-3-11(13)18-7-8-4-5-10(19(2,16)17)9(6-8)12(14)15/h4-6H,3,7H2,1-2H3. The maximum absolute atomic E-state index is 11.4.